The summed E-state index contributed by atoms with van der Waals surface area (Å²) in [5.41, 5.74) is 0.622. The number of benzene rings is 1. The molecule has 0 radical (unpaired) electrons. The molecule has 0 heterocycles. The molecule has 0 bridgehead atoms. The van der Waals surface area contributed by atoms with Crippen LogP contribution >= 0.6 is 15.9 Å². The monoisotopic (exact) mass is 362 g/mol. The minimum atomic E-state index is -3.73. The Morgan fingerprint density at radius 1 is 1.25 bits per heavy atom. The standard InChI is InChI=1S/C13H19BrN2O3S/c1-8(2)15-13(17)10(4)16-20(18,19)12-7-11(14)6-5-9(12)3/h5-8,10,16H,1-4H3,(H,15,17). The molecular formula is C13H19BrN2O3S. The molecule has 0 aliphatic rings. The zero-order valence-electron chi connectivity index (χ0n) is 11.9. The summed E-state index contributed by atoms with van der Waals surface area (Å²) in [6.07, 6.45) is 0. The summed E-state index contributed by atoms with van der Waals surface area (Å²) in [6.45, 7) is 6.86. The molecule has 0 saturated carbocycles. The van der Waals surface area contributed by atoms with E-state index in [0.29, 0.717) is 10.0 Å². The van der Waals surface area contributed by atoms with Crippen LogP contribution in [0.15, 0.2) is 27.6 Å². The Morgan fingerprint density at radius 3 is 2.40 bits per heavy atom. The Balaban J connectivity index is 2.95. The zero-order valence-corrected chi connectivity index (χ0v) is 14.3. The van der Waals surface area contributed by atoms with Gasteiger partial charge < -0.3 is 5.32 Å². The maximum atomic E-state index is 12.3. The van der Waals surface area contributed by atoms with Crippen molar-refractivity contribution in [3.8, 4) is 0 Å². The lowest BCUT2D eigenvalue weighted by molar-refractivity contribution is -0.122. The summed E-state index contributed by atoms with van der Waals surface area (Å²) in [5.74, 6) is -0.351. The van der Waals surface area contributed by atoms with Gasteiger partial charge in [0, 0.05) is 10.5 Å². The predicted molar refractivity (Wildman–Crippen MR) is 81.9 cm³/mol. The van der Waals surface area contributed by atoms with Gasteiger partial charge in [-0.2, -0.15) is 4.72 Å². The summed E-state index contributed by atoms with van der Waals surface area (Å²) in [7, 11) is -3.73. The van der Waals surface area contributed by atoms with Gasteiger partial charge >= 0.3 is 0 Å². The Hall–Kier alpha value is -0.920. The quantitative estimate of drug-likeness (QED) is 0.840. The van der Waals surface area contributed by atoms with Crippen LogP contribution in [0.5, 0.6) is 0 Å². The van der Waals surface area contributed by atoms with Crippen molar-refractivity contribution in [3.05, 3.63) is 28.2 Å². The molecule has 2 N–H and O–H groups in total. The number of hydrogen-bond acceptors (Lipinski definition) is 3. The highest BCUT2D eigenvalue weighted by Gasteiger charge is 2.23. The Morgan fingerprint density at radius 2 is 1.85 bits per heavy atom. The number of nitrogens with one attached hydrogen (secondary N) is 2. The van der Waals surface area contributed by atoms with E-state index in [2.05, 4.69) is 26.0 Å². The molecule has 5 nitrogen and oxygen atoms in total. The average molecular weight is 363 g/mol. The van der Waals surface area contributed by atoms with Crippen molar-refractivity contribution in [3.63, 3.8) is 0 Å². The summed E-state index contributed by atoms with van der Waals surface area (Å²) >= 11 is 3.25. The van der Waals surface area contributed by atoms with E-state index in [0.717, 1.165) is 0 Å². The lowest BCUT2D eigenvalue weighted by Gasteiger charge is -2.17. The van der Waals surface area contributed by atoms with Crippen LogP contribution in [0.25, 0.3) is 0 Å². The first-order valence-electron chi connectivity index (χ1n) is 6.22. The van der Waals surface area contributed by atoms with E-state index in [1.54, 1.807) is 19.1 Å². The van der Waals surface area contributed by atoms with Crippen LogP contribution in [0.3, 0.4) is 0 Å². The molecule has 0 aliphatic carbocycles. The van der Waals surface area contributed by atoms with Crippen LogP contribution < -0.4 is 10.0 Å². The normalized spacial score (nSPS) is 13.3. The first-order valence-corrected chi connectivity index (χ1v) is 8.50. The van der Waals surface area contributed by atoms with Gasteiger partial charge in [-0.05, 0) is 45.4 Å². The molecule has 112 valence electrons. The second-order valence-corrected chi connectivity index (χ2v) is 7.51. The van der Waals surface area contributed by atoms with E-state index in [1.165, 1.54) is 13.0 Å². The largest absolute Gasteiger partial charge is 0.353 e. The third-order valence-electron chi connectivity index (χ3n) is 2.60. The molecule has 1 rings (SSSR count). The van der Waals surface area contributed by atoms with Gasteiger partial charge in [0.25, 0.3) is 0 Å². The number of carbonyl (C=O) groups excluding carboxylic acids is 1. The minimum Gasteiger partial charge on any atom is -0.353 e. The van der Waals surface area contributed by atoms with Gasteiger partial charge in [-0.3, -0.25) is 4.79 Å². The van der Waals surface area contributed by atoms with Gasteiger partial charge in [0.1, 0.15) is 0 Å². The van der Waals surface area contributed by atoms with Crippen molar-refractivity contribution in [1.82, 2.24) is 10.0 Å². The van der Waals surface area contributed by atoms with Crippen LogP contribution in [0.1, 0.15) is 26.3 Å². The third kappa shape index (κ3) is 4.57. The topological polar surface area (TPSA) is 75.3 Å². The van der Waals surface area contributed by atoms with E-state index in [1.807, 2.05) is 13.8 Å². The minimum absolute atomic E-state index is 0.0398. The van der Waals surface area contributed by atoms with E-state index >= 15 is 0 Å². The number of rotatable bonds is 5. The fourth-order valence-electron chi connectivity index (χ4n) is 1.62. The van der Waals surface area contributed by atoms with Crippen molar-refractivity contribution < 1.29 is 13.2 Å². The molecule has 0 fully saturated rings. The number of aryl methyl sites for hydroxylation is 1. The summed E-state index contributed by atoms with van der Waals surface area (Å²) in [6, 6.07) is 4.12. The van der Waals surface area contributed by atoms with Gasteiger partial charge in [-0.1, -0.05) is 22.0 Å². The molecule has 1 amide bonds. The van der Waals surface area contributed by atoms with Crippen LogP contribution in [0.4, 0.5) is 0 Å². The van der Waals surface area contributed by atoms with Crippen LogP contribution in [-0.2, 0) is 14.8 Å². The Bertz CT molecular complexity index is 600. The maximum absolute atomic E-state index is 12.3. The number of amides is 1. The average Bonchev–Trinajstić information content (AvgIpc) is 2.30. The zero-order chi connectivity index (χ0) is 15.5. The number of sulfonamides is 1. The lowest BCUT2D eigenvalue weighted by atomic mass is 10.2. The molecule has 20 heavy (non-hydrogen) atoms. The summed E-state index contributed by atoms with van der Waals surface area (Å²) in [4.78, 5) is 11.9. The highest BCUT2D eigenvalue weighted by Crippen LogP contribution is 2.20. The van der Waals surface area contributed by atoms with Gasteiger partial charge in [0.05, 0.1) is 10.9 Å². The molecule has 1 aromatic rings. The molecule has 0 spiro atoms. The van der Waals surface area contributed by atoms with E-state index < -0.39 is 16.1 Å². The van der Waals surface area contributed by atoms with Crippen LogP contribution in [0.2, 0.25) is 0 Å². The highest BCUT2D eigenvalue weighted by atomic mass is 79.9. The molecule has 7 heteroatoms. The smallest absolute Gasteiger partial charge is 0.241 e. The predicted octanol–water partition coefficient (Wildman–Crippen LogP) is 1.95. The van der Waals surface area contributed by atoms with Crippen molar-refractivity contribution in [2.45, 2.75) is 44.7 Å². The Labute approximate surface area is 128 Å². The van der Waals surface area contributed by atoms with Crippen molar-refractivity contribution in [1.29, 1.82) is 0 Å². The van der Waals surface area contributed by atoms with Crippen LogP contribution in [-0.4, -0.2) is 26.4 Å². The second kappa shape index (κ2) is 6.69. The Kier molecular flexibility index (Phi) is 5.73. The van der Waals surface area contributed by atoms with Crippen molar-refractivity contribution in [2.24, 2.45) is 0 Å². The van der Waals surface area contributed by atoms with Gasteiger partial charge in [0.2, 0.25) is 15.9 Å². The molecular weight excluding hydrogens is 344 g/mol. The van der Waals surface area contributed by atoms with Crippen molar-refractivity contribution in [2.75, 3.05) is 0 Å². The lowest BCUT2D eigenvalue weighted by Crippen LogP contribution is -2.46. The van der Waals surface area contributed by atoms with Gasteiger partial charge in [0.15, 0.2) is 0 Å². The first-order chi connectivity index (χ1) is 9.13. The molecule has 0 aromatic heterocycles. The fourth-order valence-corrected chi connectivity index (χ4v) is 3.61. The maximum Gasteiger partial charge on any atom is 0.241 e. The third-order valence-corrected chi connectivity index (χ3v) is 4.77. The number of carbonyl (C=O) groups is 1. The highest BCUT2D eigenvalue weighted by molar-refractivity contribution is 9.10. The second-order valence-electron chi connectivity index (χ2n) is 4.92. The van der Waals surface area contributed by atoms with E-state index in [4.69, 9.17) is 0 Å². The van der Waals surface area contributed by atoms with Gasteiger partial charge in [-0.15, -0.1) is 0 Å². The number of hydrogen-bond donors (Lipinski definition) is 2. The SMILES string of the molecule is Cc1ccc(Br)cc1S(=O)(=O)NC(C)C(=O)NC(C)C. The first kappa shape index (κ1) is 17.1. The molecule has 1 atom stereocenters. The van der Waals surface area contributed by atoms with Crippen molar-refractivity contribution >= 4 is 31.9 Å². The number of halogens is 1. The molecule has 1 aromatic carbocycles. The summed E-state index contributed by atoms with van der Waals surface area (Å²) in [5, 5.41) is 2.67. The van der Waals surface area contributed by atoms with E-state index in [-0.39, 0.29) is 16.8 Å². The molecule has 0 aliphatic heterocycles. The fraction of sp³-hybridized carbons (Fsp3) is 0.462. The molecule has 0 saturated heterocycles. The van der Waals surface area contributed by atoms with Crippen LogP contribution in [0, 0.1) is 6.92 Å². The summed E-state index contributed by atoms with van der Waals surface area (Å²) < 4.78 is 27.6. The van der Waals surface area contributed by atoms with Gasteiger partial charge in [-0.25, -0.2) is 8.42 Å². The molecule has 1 unspecified atom stereocenters. The van der Waals surface area contributed by atoms with E-state index in [9.17, 15) is 13.2 Å².